The van der Waals surface area contributed by atoms with Crippen LogP contribution in [0.5, 0.6) is 5.75 Å². The second-order valence-corrected chi connectivity index (χ2v) is 7.40. The van der Waals surface area contributed by atoms with Gasteiger partial charge in [-0.3, -0.25) is 4.79 Å². The smallest absolute Gasteiger partial charge is 0.166 e. The van der Waals surface area contributed by atoms with Crippen LogP contribution in [0.1, 0.15) is 22.3 Å². The van der Waals surface area contributed by atoms with Gasteiger partial charge in [-0.2, -0.15) is 0 Å². The van der Waals surface area contributed by atoms with E-state index < -0.39 is 6.10 Å². The first kappa shape index (κ1) is 22.6. The molecule has 160 valence electrons. The molecular formula is C26H26ClNO3. The van der Waals surface area contributed by atoms with Crippen molar-refractivity contribution in [1.82, 2.24) is 4.57 Å². The first-order valence-electron chi connectivity index (χ1n) is 10.2. The summed E-state index contributed by atoms with van der Waals surface area (Å²) in [6.07, 6.45) is 2.39. The molecule has 0 radical (unpaired) electrons. The van der Waals surface area contributed by atoms with E-state index in [0.29, 0.717) is 30.7 Å². The number of rotatable bonds is 9. The summed E-state index contributed by atoms with van der Waals surface area (Å²) in [7, 11) is 0. The Morgan fingerprint density at radius 2 is 1.61 bits per heavy atom. The van der Waals surface area contributed by atoms with Crippen molar-refractivity contribution in [2.75, 3.05) is 6.61 Å². The van der Waals surface area contributed by atoms with Crippen LogP contribution in [-0.2, 0) is 13.0 Å². The number of ketones is 1. The summed E-state index contributed by atoms with van der Waals surface area (Å²) in [4.78, 5) is 12.7. The number of fused-ring (bicyclic) bond motifs is 1. The fraction of sp³-hybridized carbons (Fsp3) is 0.192. The highest BCUT2D eigenvalue weighted by atomic mass is 35.5. The lowest BCUT2D eigenvalue weighted by molar-refractivity contribution is 0.0896. The van der Waals surface area contributed by atoms with E-state index in [1.54, 1.807) is 12.1 Å². The summed E-state index contributed by atoms with van der Waals surface area (Å²) in [6.45, 7) is 0.549. The summed E-state index contributed by atoms with van der Waals surface area (Å²) >= 11 is 0. The molecule has 0 saturated carbocycles. The van der Waals surface area contributed by atoms with Crippen LogP contribution in [-0.4, -0.2) is 28.2 Å². The molecule has 3 aromatic carbocycles. The normalized spacial score (nSPS) is 11.6. The molecular weight excluding hydrogens is 410 g/mol. The van der Waals surface area contributed by atoms with Gasteiger partial charge in [0.05, 0.1) is 12.1 Å². The maximum absolute atomic E-state index is 12.7. The first-order valence-corrected chi connectivity index (χ1v) is 10.2. The van der Waals surface area contributed by atoms with Crippen molar-refractivity contribution in [1.29, 1.82) is 0 Å². The van der Waals surface area contributed by atoms with Gasteiger partial charge >= 0.3 is 0 Å². The van der Waals surface area contributed by atoms with Gasteiger partial charge in [0.2, 0.25) is 0 Å². The Morgan fingerprint density at radius 1 is 0.903 bits per heavy atom. The SMILES string of the molecule is Cl.O=C(CCc1ccccc1)c1ccccc1OCC(O)Cn1ccc2ccccc21. The van der Waals surface area contributed by atoms with E-state index in [1.807, 2.05) is 83.6 Å². The Morgan fingerprint density at radius 3 is 2.45 bits per heavy atom. The molecule has 0 bridgehead atoms. The molecule has 1 heterocycles. The van der Waals surface area contributed by atoms with Crippen molar-refractivity contribution in [3.05, 3.63) is 102 Å². The van der Waals surface area contributed by atoms with Gasteiger partial charge in [-0.25, -0.2) is 0 Å². The minimum absolute atomic E-state index is 0. The summed E-state index contributed by atoms with van der Waals surface area (Å²) in [5.41, 5.74) is 2.78. The number of carbonyl (C=O) groups is 1. The highest BCUT2D eigenvalue weighted by Crippen LogP contribution is 2.21. The zero-order chi connectivity index (χ0) is 20.8. The van der Waals surface area contributed by atoms with Crippen LogP contribution in [0.15, 0.2) is 91.1 Å². The molecule has 0 aliphatic heterocycles. The molecule has 4 rings (SSSR count). The molecule has 1 N–H and O–H groups in total. The van der Waals surface area contributed by atoms with Crippen molar-refractivity contribution in [2.45, 2.75) is 25.5 Å². The van der Waals surface area contributed by atoms with Crippen LogP contribution in [0, 0.1) is 0 Å². The van der Waals surface area contributed by atoms with Crippen molar-refractivity contribution in [3.8, 4) is 5.75 Å². The topological polar surface area (TPSA) is 51.5 Å². The zero-order valence-electron chi connectivity index (χ0n) is 17.2. The van der Waals surface area contributed by atoms with E-state index in [2.05, 4.69) is 0 Å². The molecule has 0 aliphatic rings. The summed E-state index contributed by atoms with van der Waals surface area (Å²) in [6, 6.07) is 27.3. The Labute approximate surface area is 188 Å². The van der Waals surface area contributed by atoms with E-state index >= 15 is 0 Å². The molecule has 0 spiro atoms. The average Bonchev–Trinajstić information content (AvgIpc) is 3.20. The van der Waals surface area contributed by atoms with Crippen LogP contribution < -0.4 is 4.74 Å². The summed E-state index contributed by atoms with van der Waals surface area (Å²) < 4.78 is 7.86. The average molecular weight is 436 g/mol. The van der Waals surface area contributed by atoms with Crippen LogP contribution in [0.3, 0.4) is 0 Å². The third-order valence-corrected chi connectivity index (χ3v) is 5.19. The van der Waals surface area contributed by atoms with Crippen LogP contribution in [0.25, 0.3) is 10.9 Å². The van der Waals surface area contributed by atoms with Gasteiger partial charge in [0.15, 0.2) is 5.78 Å². The number of nitrogens with zero attached hydrogens (tertiary/aromatic N) is 1. The van der Waals surface area contributed by atoms with Gasteiger partial charge in [-0.1, -0.05) is 60.7 Å². The number of hydrogen-bond donors (Lipinski definition) is 1. The minimum Gasteiger partial charge on any atom is -0.490 e. The van der Waals surface area contributed by atoms with E-state index in [1.165, 1.54) is 0 Å². The van der Waals surface area contributed by atoms with Crippen LogP contribution >= 0.6 is 12.4 Å². The number of halogens is 1. The van der Waals surface area contributed by atoms with Gasteiger partial charge in [-0.05, 0) is 41.6 Å². The quantitative estimate of drug-likeness (QED) is 0.362. The van der Waals surface area contributed by atoms with Crippen LogP contribution in [0.4, 0.5) is 0 Å². The molecule has 0 fully saturated rings. The fourth-order valence-corrected chi connectivity index (χ4v) is 3.63. The standard InChI is InChI=1S/C26H25NO3.ClH/c28-22(18-27-17-16-21-10-4-6-12-24(21)27)19-30-26-13-7-5-11-23(26)25(29)15-14-20-8-2-1-3-9-20;/h1-13,16-17,22,28H,14-15,18-19H2;1H. The Hall–Kier alpha value is -3.08. The number of benzene rings is 3. The lowest BCUT2D eigenvalue weighted by atomic mass is 10.0. The molecule has 0 saturated heterocycles. The lowest BCUT2D eigenvalue weighted by Gasteiger charge is -2.16. The molecule has 0 amide bonds. The largest absolute Gasteiger partial charge is 0.490 e. The molecule has 0 aliphatic carbocycles. The predicted molar refractivity (Wildman–Crippen MR) is 126 cm³/mol. The van der Waals surface area contributed by atoms with Crippen molar-refractivity contribution >= 4 is 29.1 Å². The van der Waals surface area contributed by atoms with Gasteiger partial charge in [0, 0.05) is 18.1 Å². The highest BCUT2D eigenvalue weighted by Gasteiger charge is 2.14. The van der Waals surface area contributed by atoms with E-state index in [0.717, 1.165) is 16.5 Å². The number of hydrogen-bond acceptors (Lipinski definition) is 3. The third kappa shape index (κ3) is 5.75. The number of carbonyl (C=O) groups excluding carboxylic acids is 1. The Kier molecular flexibility index (Phi) is 7.88. The van der Waals surface area contributed by atoms with Crippen molar-refractivity contribution in [2.24, 2.45) is 0 Å². The number of ether oxygens (including phenoxy) is 1. The van der Waals surface area contributed by atoms with Crippen molar-refractivity contribution in [3.63, 3.8) is 0 Å². The Balaban J connectivity index is 0.00000272. The highest BCUT2D eigenvalue weighted by molar-refractivity contribution is 5.98. The van der Waals surface area contributed by atoms with Crippen molar-refractivity contribution < 1.29 is 14.6 Å². The predicted octanol–water partition coefficient (Wildman–Crippen LogP) is 5.32. The molecule has 1 aromatic heterocycles. The molecule has 4 aromatic rings. The second kappa shape index (κ2) is 10.8. The second-order valence-electron chi connectivity index (χ2n) is 7.40. The van der Waals surface area contributed by atoms with E-state index in [-0.39, 0.29) is 24.8 Å². The number of aliphatic hydroxyl groups excluding tert-OH is 1. The van der Waals surface area contributed by atoms with E-state index in [4.69, 9.17) is 4.74 Å². The van der Waals surface area contributed by atoms with Gasteiger partial charge in [0.25, 0.3) is 0 Å². The fourth-order valence-electron chi connectivity index (χ4n) is 3.63. The Bertz CT molecular complexity index is 1120. The summed E-state index contributed by atoms with van der Waals surface area (Å²) in [5, 5.41) is 11.6. The minimum atomic E-state index is -0.687. The first-order chi connectivity index (χ1) is 14.7. The molecule has 5 heteroatoms. The third-order valence-electron chi connectivity index (χ3n) is 5.19. The maximum Gasteiger partial charge on any atom is 0.166 e. The zero-order valence-corrected chi connectivity index (χ0v) is 18.0. The summed E-state index contributed by atoms with van der Waals surface area (Å²) in [5.74, 6) is 0.562. The lowest BCUT2D eigenvalue weighted by Crippen LogP contribution is -2.23. The van der Waals surface area contributed by atoms with Gasteiger partial charge in [-0.15, -0.1) is 12.4 Å². The monoisotopic (exact) mass is 435 g/mol. The number of para-hydroxylation sites is 2. The maximum atomic E-state index is 12.7. The number of aryl methyl sites for hydroxylation is 1. The molecule has 1 atom stereocenters. The van der Waals surface area contributed by atoms with E-state index in [9.17, 15) is 9.90 Å². The number of Topliss-reactive ketones (excluding diaryl/α,β-unsaturated/α-hetero) is 1. The van der Waals surface area contributed by atoms with Gasteiger partial charge < -0.3 is 14.4 Å². The van der Waals surface area contributed by atoms with Gasteiger partial charge in [0.1, 0.15) is 18.5 Å². The molecule has 1 unspecified atom stereocenters. The molecule has 31 heavy (non-hydrogen) atoms. The molecule has 4 nitrogen and oxygen atoms in total. The number of aromatic nitrogens is 1. The van der Waals surface area contributed by atoms with Crippen LogP contribution in [0.2, 0.25) is 0 Å². The number of aliphatic hydroxyl groups is 1.